The first-order valence-electron chi connectivity index (χ1n) is 14.4. The Morgan fingerprint density at radius 3 is 1.16 bits per heavy atom. The number of aryl methyl sites for hydroxylation is 2. The number of aromatic hydroxyl groups is 2. The predicted octanol–water partition coefficient (Wildman–Crippen LogP) is 9.97. The minimum absolute atomic E-state index is 0.248. The minimum Gasteiger partial charge on any atom is -0.505 e. The van der Waals surface area contributed by atoms with Crippen molar-refractivity contribution in [2.75, 3.05) is 0 Å². The Kier molecular flexibility index (Phi) is 6.55. The van der Waals surface area contributed by atoms with E-state index in [1.54, 1.807) is 111 Å². The number of halogens is 4. The lowest BCUT2D eigenvalue weighted by Gasteiger charge is -2.35. The van der Waals surface area contributed by atoms with E-state index in [4.69, 9.17) is 0 Å². The maximum absolute atomic E-state index is 16.4. The summed E-state index contributed by atoms with van der Waals surface area (Å²) in [6.45, 7) is 3.40. The fourth-order valence-corrected chi connectivity index (χ4v) is 6.95. The third kappa shape index (κ3) is 3.95. The lowest BCUT2D eigenvalue weighted by Crippen LogP contribution is -2.30. The molecule has 0 saturated heterocycles. The highest BCUT2D eigenvalue weighted by Gasteiger charge is 2.51. The zero-order valence-corrected chi connectivity index (χ0v) is 24.3. The highest BCUT2D eigenvalue weighted by atomic mass is 19.1. The van der Waals surface area contributed by atoms with Crippen LogP contribution in [0.25, 0.3) is 33.4 Å². The Labute approximate surface area is 257 Å². The number of hydrogen-bond acceptors (Lipinski definition) is 2. The van der Waals surface area contributed by atoms with Gasteiger partial charge in [0.05, 0.1) is 16.5 Å². The summed E-state index contributed by atoms with van der Waals surface area (Å²) in [4.78, 5) is 0. The minimum atomic E-state index is -1.90. The quantitative estimate of drug-likeness (QED) is 0.197. The molecule has 0 heterocycles. The van der Waals surface area contributed by atoms with Crippen molar-refractivity contribution in [3.63, 3.8) is 0 Å². The second-order valence-corrected chi connectivity index (χ2v) is 11.4. The molecule has 7 rings (SSSR count). The van der Waals surface area contributed by atoms with Crippen LogP contribution in [-0.4, -0.2) is 10.2 Å². The maximum atomic E-state index is 16.4. The first-order valence-corrected chi connectivity index (χ1v) is 14.4. The van der Waals surface area contributed by atoms with Gasteiger partial charge in [-0.05, 0) is 70.5 Å². The number of phenols is 2. The number of rotatable bonds is 4. The standard InChI is InChI=1S/C39H26F4O2/c1-21-11-3-5-13-23(21)33-31(40)19-29(37(44)35(33)42)39(27-17-9-7-15-25(27)26-16-8-10-18-28(26)39)30-20-32(41)34(36(43)38(30)45)24-14-6-4-12-22(24)2/h3-20,44-45H,1-2H3. The molecule has 0 amide bonds. The molecule has 0 fully saturated rings. The first kappa shape index (κ1) is 28.4. The zero-order chi connectivity index (χ0) is 31.6. The van der Waals surface area contributed by atoms with Gasteiger partial charge in [0.2, 0.25) is 0 Å². The van der Waals surface area contributed by atoms with Crippen molar-refractivity contribution >= 4 is 0 Å². The summed E-state index contributed by atoms with van der Waals surface area (Å²) >= 11 is 0. The third-order valence-corrected chi connectivity index (χ3v) is 8.97. The van der Waals surface area contributed by atoms with E-state index < -0.39 is 51.3 Å². The average molecular weight is 603 g/mol. The van der Waals surface area contributed by atoms with Crippen LogP contribution in [-0.2, 0) is 5.41 Å². The topological polar surface area (TPSA) is 40.5 Å². The summed E-state index contributed by atoms with van der Waals surface area (Å²) in [7, 11) is 0. The molecule has 0 saturated carbocycles. The van der Waals surface area contributed by atoms with Crippen LogP contribution in [0.1, 0.15) is 33.4 Å². The number of hydrogen-bond donors (Lipinski definition) is 2. The molecule has 6 heteroatoms. The maximum Gasteiger partial charge on any atom is 0.175 e. The second kappa shape index (κ2) is 10.4. The number of phenolic OH excluding ortho intramolecular Hbond substituents is 2. The van der Waals surface area contributed by atoms with Gasteiger partial charge in [-0.1, -0.05) is 97.1 Å². The van der Waals surface area contributed by atoms with Gasteiger partial charge in [0.1, 0.15) is 11.6 Å². The molecule has 1 aliphatic rings. The van der Waals surface area contributed by atoms with Gasteiger partial charge >= 0.3 is 0 Å². The van der Waals surface area contributed by atoms with E-state index in [-0.39, 0.29) is 22.3 Å². The Bertz CT molecular complexity index is 2010. The average Bonchev–Trinajstić information content (AvgIpc) is 3.33. The van der Waals surface area contributed by atoms with Crippen molar-refractivity contribution in [3.05, 3.63) is 166 Å². The Morgan fingerprint density at radius 1 is 0.444 bits per heavy atom. The lowest BCUT2D eigenvalue weighted by molar-refractivity contribution is 0.404. The SMILES string of the molecule is Cc1ccccc1-c1c(F)cc(C2(c3cc(F)c(-c4ccccc4C)c(F)c3O)c3ccccc3-c3ccccc32)c(O)c1F. The fraction of sp³-hybridized carbons (Fsp3) is 0.0769. The molecule has 6 aromatic carbocycles. The van der Waals surface area contributed by atoms with Crippen LogP contribution in [0.3, 0.4) is 0 Å². The molecule has 0 aliphatic heterocycles. The number of fused-ring (bicyclic) bond motifs is 3. The molecular formula is C39H26F4O2. The van der Waals surface area contributed by atoms with Gasteiger partial charge in [0.15, 0.2) is 23.1 Å². The van der Waals surface area contributed by atoms with Crippen molar-refractivity contribution in [1.29, 1.82) is 0 Å². The Hall–Kier alpha value is -5.36. The predicted molar refractivity (Wildman–Crippen MR) is 167 cm³/mol. The molecule has 0 radical (unpaired) electrons. The molecule has 2 N–H and O–H groups in total. The van der Waals surface area contributed by atoms with Crippen molar-refractivity contribution in [2.45, 2.75) is 19.3 Å². The third-order valence-electron chi connectivity index (χ3n) is 8.97. The van der Waals surface area contributed by atoms with Crippen LogP contribution in [0.15, 0.2) is 109 Å². The van der Waals surface area contributed by atoms with Crippen LogP contribution in [0.5, 0.6) is 11.5 Å². The van der Waals surface area contributed by atoms with E-state index >= 15 is 17.6 Å². The summed E-state index contributed by atoms with van der Waals surface area (Å²) < 4.78 is 65.3. The van der Waals surface area contributed by atoms with Gasteiger partial charge in [-0.15, -0.1) is 0 Å². The summed E-state index contributed by atoms with van der Waals surface area (Å²) in [6, 6.07) is 29.1. The van der Waals surface area contributed by atoms with E-state index in [2.05, 4.69) is 0 Å². The Balaban J connectivity index is 1.63. The fourth-order valence-electron chi connectivity index (χ4n) is 6.95. The van der Waals surface area contributed by atoms with Crippen LogP contribution in [0, 0.1) is 37.1 Å². The van der Waals surface area contributed by atoms with E-state index in [0.717, 1.165) is 12.1 Å². The van der Waals surface area contributed by atoms with Crippen LogP contribution in [0.4, 0.5) is 17.6 Å². The molecule has 0 bridgehead atoms. The monoisotopic (exact) mass is 602 g/mol. The van der Waals surface area contributed by atoms with Crippen molar-refractivity contribution < 1.29 is 27.8 Å². The molecule has 0 spiro atoms. The molecule has 6 aromatic rings. The molecule has 45 heavy (non-hydrogen) atoms. The van der Waals surface area contributed by atoms with Gasteiger partial charge in [-0.25, -0.2) is 17.6 Å². The van der Waals surface area contributed by atoms with E-state index in [9.17, 15) is 10.2 Å². The van der Waals surface area contributed by atoms with Crippen molar-refractivity contribution in [1.82, 2.24) is 0 Å². The number of benzene rings is 6. The molecule has 1 aliphatic carbocycles. The van der Waals surface area contributed by atoms with Crippen molar-refractivity contribution in [2.24, 2.45) is 0 Å². The second-order valence-electron chi connectivity index (χ2n) is 11.4. The normalized spacial score (nSPS) is 13.0. The molecule has 0 aromatic heterocycles. The summed E-state index contributed by atoms with van der Waals surface area (Å²) in [5.74, 6) is -6.20. The van der Waals surface area contributed by atoms with E-state index in [1.807, 2.05) is 0 Å². The van der Waals surface area contributed by atoms with E-state index in [1.165, 1.54) is 0 Å². The van der Waals surface area contributed by atoms with Gasteiger partial charge < -0.3 is 10.2 Å². The first-order chi connectivity index (χ1) is 21.7. The van der Waals surface area contributed by atoms with Crippen LogP contribution < -0.4 is 0 Å². The largest absolute Gasteiger partial charge is 0.505 e. The van der Waals surface area contributed by atoms with Gasteiger partial charge in [0.25, 0.3) is 0 Å². The summed E-state index contributed by atoms with van der Waals surface area (Å²) in [5.41, 5.74) is 0.332. The summed E-state index contributed by atoms with van der Waals surface area (Å²) in [6.07, 6.45) is 0. The summed E-state index contributed by atoms with van der Waals surface area (Å²) in [5, 5.41) is 23.4. The van der Waals surface area contributed by atoms with Gasteiger partial charge in [-0.2, -0.15) is 0 Å². The lowest BCUT2D eigenvalue weighted by atomic mass is 9.66. The molecule has 0 unspecified atom stereocenters. The molecule has 2 nitrogen and oxygen atoms in total. The molecule has 0 atom stereocenters. The van der Waals surface area contributed by atoms with Crippen LogP contribution >= 0.6 is 0 Å². The van der Waals surface area contributed by atoms with Crippen LogP contribution in [0.2, 0.25) is 0 Å². The van der Waals surface area contributed by atoms with E-state index in [0.29, 0.717) is 33.4 Å². The Morgan fingerprint density at radius 2 is 0.778 bits per heavy atom. The van der Waals surface area contributed by atoms with Crippen molar-refractivity contribution in [3.8, 4) is 44.9 Å². The highest BCUT2D eigenvalue weighted by Crippen LogP contribution is 2.60. The molecular weight excluding hydrogens is 576 g/mol. The zero-order valence-electron chi connectivity index (χ0n) is 24.3. The van der Waals surface area contributed by atoms with Gasteiger partial charge in [-0.3, -0.25) is 0 Å². The smallest absolute Gasteiger partial charge is 0.175 e. The van der Waals surface area contributed by atoms with Gasteiger partial charge in [0, 0.05) is 11.1 Å². The molecule has 222 valence electrons. The highest BCUT2D eigenvalue weighted by molar-refractivity contribution is 5.89.